The molecular formula is C13H20O4S. The first kappa shape index (κ1) is 15.3. The molecule has 18 heavy (non-hydrogen) atoms. The van der Waals surface area contributed by atoms with Gasteiger partial charge in [-0.2, -0.15) is 0 Å². The Balaban J connectivity index is 1.98. The van der Waals surface area contributed by atoms with E-state index in [1.807, 2.05) is 37.3 Å². The van der Waals surface area contributed by atoms with Gasteiger partial charge in [-0.25, -0.2) is 0 Å². The van der Waals surface area contributed by atoms with Crippen LogP contribution in [0.4, 0.5) is 0 Å². The first-order valence-corrected chi connectivity index (χ1v) is 6.84. The molecule has 0 saturated heterocycles. The Morgan fingerprint density at radius 2 is 2.00 bits per heavy atom. The molecule has 0 fully saturated rings. The minimum Gasteiger partial charge on any atom is -0.481 e. The highest BCUT2D eigenvalue weighted by atomic mass is 32.2. The molecule has 0 aliphatic heterocycles. The van der Waals surface area contributed by atoms with E-state index >= 15 is 0 Å². The van der Waals surface area contributed by atoms with Crippen LogP contribution in [0.25, 0.3) is 0 Å². The van der Waals surface area contributed by atoms with Gasteiger partial charge in [0.2, 0.25) is 0 Å². The van der Waals surface area contributed by atoms with Crippen molar-refractivity contribution in [2.24, 2.45) is 0 Å². The van der Waals surface area contributed by atoms with E-state index in [4.69, 9.17) is 18.4 Å². The van der Waals surface area contributed by atoms with Gasteiger partial charge in [0.25, 0.3) is 0 Å². The number of benzene rings is 1. The van der Waals surface area contributed by atoms with Gasteiger partial charge >= 0.3 is 0 Å². The summed E-state index contributed by atoms with van der Waals surface area (Å²) in [6.07, 6.45) is 0.522. The SMILES string of the molecule is CCOC(CCOSCOc1ccccc1)OC. The van der Waals surface area contributed by atoms with Crippen molar-refractivity contribution in [1.29, 1.82) is 0 Å². The monoisotopic (exact) mass is 272 g/mol. The van der Waals surface area contributed by atoms with Crippen LogP contribution >= 0.6 is 12.0 Å². The largest absolute Gasteiger partial charge is 0.481 e. The summed E-state index contributed by atoms with van der Waals surface area (Å²) in [6, 6.07) is 9.65. The van der Waals surface area contributed by atoms with E-state index in [1.165, 1.54) is 12.0 Å². The normalized spacial score (nSPS) is 12.3. The van der Waals surface area contributed by atoms with Crippen LogP contribution in [0.2, 0.25) is 0 Å². The number of hydrogen-bond donors (Lipinski definition) is 0. The standard InChI is InChI=1S/C13H20O4S/c1-3-15-13(14-2)9-10-17-18-11-16-12-7-5-4-6-8-12/h4-8,13H,3,9-11H2,1-2H3. The summed E-state index contributed by atoms with van der Waals surface area (Å²) < 4.78 is 21.3. The molecule has 1 aromatic carbocycles. The second-order valence-corrected chi connectivity index (χ2v) is 4.13. The third-order valence-electron chi connectivity index (χ3n) is 2.15. The average molecular weight is 272 g/mol. The van der Waals surface area contributed by atoms with Gasteiger partial charge in [-0.1, -0.05) is 18.2 Å². The highest BCUT2D eigenvalue weighted by Gasteiger charge is 2.05. The van der Waals surface area contributed by atoms with Crippen LogP contribution in [0.1, 0.15) is 13.3 Å². The Morgan fingerprint density at radius 3 is 2.67 bits per heavy atom. The average Bonchev–Trinajstić information content (AvgIpc) is 2.42. The van der Waals surface area contributed by atoms with Gasteiger partial charge in [0.1, 0.15) is 5.75 Å². The maximum atomic E-state index is 5.46. The molecule has 1 rings (SSSR count). The molecule has 0 heterocycles. The number of hydrogen-bond acceptors (Lipinski definition) is 5. The molecule has 0 spiro atoms. The Labute approximate surface area is 113 Å². The van der Waals surface area contributed by atoms with Gasteiger partial charge in [0.05, 0.1) is 6.61 Å². The summed E-state index contributed by atoms with van der Waals surface area (Å²) in [5.41, 5.74) is 0. The molecule has 4 nitrogen and oxygen atoms in total. The molecule has 0 aromatic heterocycles. The summed E-state index contributed by atoms with van der Waals surface area (Å²) in [5.74, 6) is 1.31. The van der Waals surface area contributed by atoms with Crippen molar-refractivity contribution in [3.8, 4) is 5.75 Å². The fourth-order valence-electron chi connectivity index (χ4n) is 1.30. The van der Waals surface area contributed by atoms with E-state index in [9.17, 15) is 0 Å². The number of methoxy groups -OCH3 is 1. The zero-order chi connectivity index (χ0) is 13.1. The van der Waals surface area contributed by atoms with Crippen molar-refractivity contribution in [2.75, 3.05) is 26.3 Å². The van der Waals surface area contributed by atoms with Crippen LogP contribution in [-0.2, 0) is 13.7 Å². The van der Waals surface area contributed by atoms with Crippen LogP contribution in [0.15, 0.2) is 30.3 Å². The minimum absolute atomic E-state index is 0.189. The van der Waals surface area contributed by atoms with E-state index in [2.05, 4.69) is 0 Å². The third kappa shape index (κ3) is 6.86. The second-order valence-electron chi connectivity index (χ2n) is 3.42. The number of rotatable bonds is 10. The van der Waals surface area contributed by atoms with Crippen LogP contribution in [0, 0.1) is 0 Å². The molecule has 0 aliphatic rings. The minimum atomic E-state index is -0.189. The lowest BCUT2D eigenvalue weighted by Gasteiger charge is -2.14. The van der Waals surface area contributed by atoms with E-state index in [-0.39, 0.29) is 6.29 Å². The molecule has 0 radical (unpaired) electrons. The summed E-state index contributed by atoms with van der Waals surface area (Å²) >= 11 is 1.29. The highest BCUT2D eigenvalue weighted by molar-refractivity contribution is 7.94. The first-order valence-electron chi connectivity index (χ1n) is 5.93. The lowest BCUT2D eigenvalue weighted by molar-refractivity contribution is -0.126. The molecule has 0 N–H and O–H groups in total. The zero-order valence-electron chi connectivity index (χ0n) is 10.8. The maximum absolute atomic E-state index is 5.46. The van der Waals surface area contributed by atoms with Gasteiger partial charge in [-0.05, 0) is 19.1 Å². The lowest BCUT2D eigenvalue weighted by atomic mass is 10.3. The number of para-hydroxylation sites is 1. The summed E-state index contributed by atoms with van der Waals surface area (Å²) in [4.78, 5) is 0. The topological polar surface area (TPSA) is 36.9 Å². The van der Waals surface area contributed by atoms with Crippen molar-refractivity contribution in [3.05, 3.63) is 30.3 Å². The Kier molecular flexibility index (Phi) is 8.67. The summed E-state index contributed by atoms with van der Waals surface area (Å²) in [6.45, 7) is 3.15. The molecule has 1 unspecified atom stereocenters. The van der Waals surface area contributed by atoms with E-state index in [1.54, 1.807) is 7.11 Å². The van der Waals surface area contributed by atoms with E-state index < -0.39 is 0 Å². The van der Waals surface area contributed by atoms with Crippen LogP contribution in [0.5, 0.6) is 5.75 Å². The van der Waals surface area contributed by atoms with Gasteiger partial charge in [0.15, 0.2) is 12.2 Å². The van der Waals surface area contributed by atoms with Gasteiger partial charge in [0, 0.05) is 32.2 Å². The van der Waals surface area contributed by atoms with Crippen molar-refractivity contribution in [3.63, 3.8) is 0 Å². The molecule has 0 saturated carbocycles. The van der Waals surface area contributed by atoms with Crippen LogP contribution in [-0.4, -0.2) is 32.6 Å². The molecule has 1 aromatic rings. The molecular weight excluding hydrogens is 252 g/mol. The molecule has 0 amide bonds. The van der Waals surface area contributed by atoms with Crippen molar-refractivity contribution >= 4 is 12.0 Å². The van der Waals surface area contributed by atoms with Crippen molar-refractivity contribution in [1.82, 2.24) is 0 Å². The number of ether oxygens (including phenoxy) is 3. The van der Waals surface area contributed by atoms with Gasteiger partial charge in [-0.15, -0.1) is 0 Å². The van der Waals surface area contributed by atoms with Gasteiger partial charge in [-0.3, -0.25) is 0 Å². The van der Waals surface area contributed by atoms with Crippen LogP contribution in [0.3, 0.4) is 0 Å². The van der Waals surface area contributed by atoms with Crippen molar-refractivity contribution < 1.29 is 18.4 Å². The smallest absolute Gasteiger partial charge is 0.159 e. The Morgan fingerprint density at radius 1 is 1.22 bits per heavy atom. The van der Waals surface area contributed by atoms with Gasteiger partial charge < -0.3 is 18.4 Å². The maximum Gasteiger partial charge on any atom is 0.159 e. The summed E-state index contributed by atoms with van der Waals surface area (Å²) in [7, 11) is 1.63. The molecule has 102 valence electrons. The molecule has 5 heteroatoms. The first-order chi connectivity index (χ1) is 8.86. The zero-order valence-corrected chi connectivity index (χ0v) is 11.7. The lowest BCUT2D eigenvalue weighted by Crippen LogP contribution is -2.17. The Bertz CT molecular complexity index is 294. The molecule has 1 atom stereocenters. The predicted molar refractivity (Wildman–Crippen MR) is 72.5 cm³/mol. The third-order valence-corrected chi connectivity index (χ3v) is 2.70. The predicted octanol–water partition coefficient (Wildman–Crippen LogP) is 3.09. The second kappa shape index (κ2) is 10.2. The quantitative estimate of drug-likeness (QED) is 0.372. The highest BCUT2D eigenvalue weighted by Crippen LogP contribution is 2.12. The fourth-order valence-corrected chi connectivity index (χ4v) is 1.77. The summed E-state index contributed by atoms with van der Waals surface area (Å²) in [5, 5.41) is 0. The molecule has 0 aliphatic carbocycles. The van der Waals surface area contributed by atoms with Crippen LogP contribution < -0.4 is 4.74 Å². The van der Waals surface area contributed by atoms with Crippen molar-refractivity contribution in [2.45, 2.75) is 19.6 Å². The Hall–Kier alpha value is -0.750. The van der Waals surface area contributed by atoms with E-state index in [0.29, 0.717) is 25.6 Å². The fraction of sp³-hybridized carbons (Fsp3) is 0.538. The molecule has 0 bridgehead atoms. The van der Waals surface area contributed by atoms with E-state index in [0.717, 1.165) is 5.75 Å².